The number of phenolic OH excluding ortho intramolecular Hbond substituents is 1. The molecule has 7 heteroatoms. The lowest BCUT2D eigenvalue weighted by Crippen LogP contribution is -2.31. The maximum atomic E-state index is 13.4. The number of amidine groups is 1. The molecule has 174 valence electrons. The lowest BCUT2D eigenvalue weighted by molar-refractivity contribution is -0.122. The smallest absolute Gasteiger partial charge is 0.266 e. The third kappa shape index (κ3) is 5.72. The molecule has 1 aliphatic rings. The van der Waals surface area contributed by atoms with Gasteiger partial charge in [-0.2, -0.15) is 0 Å². The Kier molecular flexibility index (Phi) is 7.75. The molecule has 34 heavy (non-hydrogen) atoms. The molecule has 1 amide bonds. The summed E-state index contributed by atoms with van der Waals surface area (Å²) >= 11 is 4.72. The van der Waals surface area contributed by atoms with Crippen LogP contribution in [0.1, 0.15) is 23.6 Å². The number of aliphatic imine (C=N–C) groups is 1. The van der Waals surface area contributed by atoms with Crippen molar-refractivity contribution < 1.29 is 14.6 Å². The zero-order valence-corrected chi connectivity index (χ0v) is 21.4. The Morgan fingerprint density at radius 2 is 1.85 bits per heavy atom. The number of rotatable bonds is 7. The van der Waals surface area contributed by atoms with Crippen LogP contribution in [0.2, 0.25) is 0 Å². The number of amides is 1. The first-order valence-corrected chi connectivity index (χ1v) is 12.6. The summed E-state index contributed by atoms with van der Waals surface area (Å²) in [5.41, 5.74) is 3.88. The molecule has 0 aliphatic carbocycles. The summed E-state index contributed by atoms with van der Waals surface area (Å²) in [7, 11) is 0. The Morgan fingerprint density at radius 3 is 2.56 bits per heavy atom. The van der Waals surface area contributed by atoms with E-state index in [-0.39, 0.29) is 11.7 Å². The first-order chi connectivity index (χ1) is 16.4. The van der Waals surface area contributed by atoms with Crippen molar-refractivity contribution in [1.29, 1.82) is 0 Å². The fourth-order valence-electron chi connectivity index (χ4n) is 3.50. The molecule has 3 aromatic rings. The zero-order chi connectivity index (χ0) is 24.1. The lowest BCUT2D eigenvalue weighted by Gasteiger charge is -2.15. The molecule has 3 aromatic carbocycles. The molecule has 1 heterocycles. The number of carbonyl (C=O) groups is 1. The van der Waals surface area contributed by atoms with Gasteiger partial charge in [0.2, 0.25) is 0 Å². The number of carbonyl (C=O) groups excluding carboxylic acids is 1. The van der Waals surface area contributed by atoms with Gasteiger partial charge in [0.25, 0.3) is 5.91 Å². The highest BCUT2D eigenvalue weighted by Gasteiger charge is 2.33. The molecule has 0 bridgehead atoms. The molecular weight excluding hydrogens is 512 g/mol. The minimum absolute atomic E-state index is 0.0421. The third-order valence-corrected chi connectivity index (χ3v) is 6.87. The van der Waals surface area contributed by atoms with Crippen molar-refractivity contribution in [2.45, 2.75) is 20.3 Å². The minimum Gasteiger partial charge on any atom is -0.503 e. The summed E-state index contributed by atoms with van der Waals surface area (Å²) in [5, 5.41) is 10.9. The molecule has 1 aliphatic heterocycles. The van der Waals surface area contributed by atoms with Crippen LogP contribution in [0.3, 0.4) is 0 Å². The summed E-state index contributed by atoms with van der Waals surface area (Å²) in [6.45, 7) is 4.84. The molecule has 1 N–H and O–H groups in total. The first kappa shape index (κ1) is 24.1. The largest absolute Gasteiger partial charge is 0.503 e. The van der Waals surface area contributed by atoms with Gasteiger partial charge in [0.1, 0.15) is 0 Å². The van der Waals surface area contributed by atoms with E-state index in [1.54, 1.807) is 17.0 Å². The Labute approximate surface area is 212 Å². The van der Waals surface area contributed by atoms with Crippen LogP contribution in [0.25, 0.3) is 6.08 Å². The van der Waals surface area contributed by atoms with Crippen LogP contribution in [-0.2, 0) is 11.2 Å². The van der Waals surface area contributed by atoms with Crippen molar-refractivity contribution in [3.05, 3.63) is 92.8 Å². The number of hydrogen-bond donors (Lipinski definition) is 1. The van der Waals surface area contributed by atoms with E-state index in [2.05, 4.69) is 28.1 Å². The quantitative estimate of drug-likeness (QED) is 0.341. The van der Waals surface area contributed by atoms with Crippen molar-refractivity contribution in [3.63, 3.8) is 0 Å². The molecular formula is C27H25BrN2O3S. The summed E-state index contributed by atoms with van der Waals surface area (Å²) in [5.74, 6) is 0.322. The van der Waals surface area contributed by atoms with Crippen molar-refractivity contribution in [2.75, 3.05) is 13.2 Å². The molecule has 5 nitrogen and oxygen atoms in total. The van der Waals surface area contributed by atoms with Gasteiger partial charge in [-0.3, -0.25) is 9.69 Å². The van der Waals surface area contributed by atoms with Crippen LogP contribution >= 0.6 is 27.7 Å². The number of aryl methyl sites for hydroxylation is 1. The van der Waals surface area contributed by atoms with Gasteiger partial charge in [-0.25, -0.2) is 4.99 Å². The average molecular weight is 537 g/mol. The molecule has 4 rings (SSSR count). The molecule has 1 saturated heterocycles. The highest BCUT2D eigenvalue weighted by molar-refractivity contribution is 9.10. The van der Waals surface area contributed by atoms with Crippen LogP contribution in [-0.4, -0.2) is 34.2 Å². The summed E-state index contributed by atoms with van der Waals surface area (Å²) < 4.78 is 6.04. The molecule has 0 spiro atoms. The highest BCUT2D eigenvalue weighted by Crippen LogP contribution is 2.39. The van der Waals surface area contributed by atoms with Crippen molar-refractivity contribution in [1.82, 2.24) is 4.90 Å². The molecule has 0 saturated carbocycles. The number of nitrogens with zero attached hydrogens (tertiary/aromatic N) is 2. The Bertz CT molecular complexity index is 1240. The van der Waals surface area contributed by atoms with Gasteiger partial charge in [0.05, 0.1) is 21.7 Å². The summed E-state index contributed by atoms with van der Waals surface area (Å²) in [6, 6.07) is 21.5. The normalized spacial score (nSPS) is 16.0. The zero-order valence-electron chi connectivity index (χ0n) is 19.0. The lowest BCUT2D eigenvalue weighted by atomic mass is 10.1. The van der Waals surface area contributed by atoms with Gasteiger partial charge < -0.3 is 9.84 Å². The van der Waals surface area contributed by atoms with Crippen LogP contribution in [0.5, 0.6) is 11.5 Å². The second kappa shape index (κ2) is 10.9. The SMILES string of the molecule is CCOc1cc(/C=C2/SC(=Nc3ccc(C)cc3)N(CCc3ccccc3)C2=O)cc(Br)c1O. The van der Waals surface area contributed by atoms with Gasteiger partial charge in [0, 0.05) is 6.54 Å². The van der Waals surface area contributed by atoms with E-state index in [0.29, 0.717) is 33.4 Å². The van der Waals surface area contributed by atoms with Crippen LogP contribution < -0.4 is 4.74 Å². The maximum Gasteiger partial charge on any atom is 0.266 e. The topological polar surface area (TPSA) is 62.1 Å². The van der Waals surface area contributed by atoms with E-state index in [4.69, 9.17) is 9.73 Å². The van der Waals surface area contributed by atoms with E-state index in [1.165, 1.54) is 11.8 Å². The average Bonchev–Trinajstić information content (AvgIpc) is 3.11. The fourth-order valence-corrected chi connectivity index (χ4v) is 4.98. The Morgan fingerprint density at radius 1 is 1.12 bits per heavy atom. The van der Waals surface area contributed by atoms with Gasteiger partial charge in [-0.1, -0.05) is 48.0 Å². The fraction of sp³-hybridized carbons (Fsp3) is 0.185. The van der Waals surface area contributed by atoms with E-state index >= 15 is 0 Å². The predicted molar refractivity (Wildman–Crippen MR) is 143 cm³/mol. The minimum atomic E-state index is -0.0889. The van der Waals surface area contributed by atoms with Crippen LogP contribution in [0, 0.1) is 6.92 Å². The standard InChI is InChI=1S/C27H25BrN2O3S/c1-3-33-23-16-20(15-22(28)25(23)31)17-24-26(32)30(14-13-19-7-5-4-6-8-19)27(34-24)29-21-11-9-18(2)10-12-21/h4-12,15-17,31H,3,13-14H2,1-2H3/b24-17+,29-27?. The van der Waals surface area contributed by atoms with Crippen molar-refractivity contribution >= 4 is 50.5 Å². The van der Waals surface area contributed by atoms with Gasteiger partial charge in [-0.15, -0.1) is 0 Å². The van der Waals surface area contributed by atoms with Crippen molar-refractivity contribution in [2.24, 2.45) is 4.99 Å². The maximum absolute atomic E-state index is 13.4. The number of benzene rings is 3. The van der Waals surface area contributed by atoms with E-state index in [0.717, 1.165) is 28.8 Å². The monoisotopic (exact) mass is 536 g/mol. The number of thioether (sulfide) groups is 1. The predicted octanol–water partition coefficient (Wildman–Crippen LogP) is 6.71. The third-order valence-electron chi connectivity index (χ3n) is 5.26. The highest BCUT2D eigenvalue weighted by atomic mass is 79.9. The van der Waals surface area contributed by atoms with Gasteiger partial charge >= 0.3 is 0 Å². The second-order valence-corrected chi connectivity index (χ2v) is 9.68. The molecule has 0 unspecified atom stereocenters. The van der Waals surface area contributed by atoms with Gasteiger partial charge in [0.15, 0.2) is 16.7 Å². The molecule has 1 fully saturated rings. The van der Waals surface area contributed by atoms with Gasteiger partial charge in [-0.05, 0) is 89.4 Å². The number of hydrogen-bond acceptors (Lipinski definition) is 5. The number of aromatic hydroxyl groups is 1. The summed E-state index contributed by atoms with van der Waals surface area (Å²) in [4.78, 5) is 20.5. The first-order valence-electron chi connectivity index (χ1n) is 11.0. The molecule has 0 radical (unpaired) electrons. The Hall–Kier alpha value is -3.03. The van der Waals surface area contributed by atoms with Crippen LogP contribution in [0.15, 0.2) is 81.1 Å². The number of phenols is 1. The van der Waals surface area contributed by atoms with E-state index < -0.39 is 0 Å². The number of halogens is 1. The van der Waals surface area contributed by atoms with E-state index in [9.17, 15) is 9.90 Å². The van der Waals surface area contributed by atoms with Crippen LogP contribution in [0.4, 0.5) is 5.69 Å². The Balaban J connectivity index is 1.66. The van der Waals surface area contributed by atoms with E-state index in [1.807, 2.05) is 62.4 Å². The second-order valence-electron chi connectivity index (χ2n) is 7.82. The molecule has 0 atom stereocenters. The van der Waals surface area contributed by atoms with Crippen molar-refractivity contribution in [3.8, 4) is 11.5 Å². The number of ether oxygens (including phenoxy) is 1. The summed E-state index contributed by atoms with van der Waals surface area (Å²) in [6.07, 6.45) is 2.54. The molecule has 0 aromatic heterocycles.